The van der Waals surface area contributed by atoms with E-state index in [-0.39, 0.29) is 18.0 Å². The third-order valence-electron chi connectivity index (χ3n) is 5.55. The summed E-state index contributed by atoms with van der Waals surface area (Å²) in [5.74, 6) is 0.915. The lowest BCUT2D eigenvalue weighted by molar-refractivity contribution is 0.0163. The SMILES string of the molecule is Cn1cnc2ncn(Cc3nc([C@@H]4CO[C@@](C)(c5ccc(Cl)cc5)C4)no3)c(=O)c21. The smallest absolute Gasteiger partial charge is 0.280 e. The summed E-state index contributed by atoms with van der Waals surface area (Å²) in [6.45, 7) is 2.67. The van der Waals surface area contributed by atoms with Gasteiger partial charge in [-0.2, -0.15) is 4.98 Å². The molecule has 5 rings (SSSR count). The van der Waals surface area contributed by atoms with E-state index in [1.54, 1.807) is 17.9 Å². The van der Waals surface area contributed by atoms with Gasteiger partial charge in [0.05, 0.1) is 18.5 Å². The topological polar surface area (TPSA) is 101 Å². The average molecular weight is 427 g/mol. The third kappa shape index (κ3) is 3.20. The molecule has 10 heteroatoms. The number of benzene rings is 1. The Hall–Kier alpha value is -3.04. The van der Waals surface area contributed by atoms with Crippen LogP contribution >= 0.6 is 11.6 Å². The fourth-order valence-electron chi connectivity index (χ4n) is 3.87. The molecule has 4 heterocycles. The number of rotatable bonds is 4. The maximum atomic E-state index is 12.7. The monoisotopic (exact) mass is 426 g/mol. The highest BCUT2D eigenvalue weighted by Crippen LogP contribution is 2.42. The fourth-order valence-corrected chi connectivity index (χ4v) is 4.00. The van der Waals surface area contributed by atoms with Crippen LogP contribution in [0.1, 0.15) is 36.5 Å². The summed E-state index contributed by atoms with van der Waals surface area (Å²) in [5, 5.41) is 4.82. The Balaban J connectivity index is 1.35. The predicted octanol–water partition coefficient (Wildman–Crippen LogP) is 2.63. The Labute approximate surface area is 176 Å². The van der Waals surface area contributed by atoms with Crippen LogP contribution in [0.3, 0.4) is 0 Å². The number of fused-ring (bicyclic) bond motifs is 1. The van der Waals surface area contributed by atoms with Gasteiger partial charge in [-0.1, -0.05) is 28.9 Å². The first-order valence-electron chi connectivity index (χ1n) is 9.52. The zero-order valence-electron chi connectivity index (χ0n) is 16.4. The zero-order chi connectivity index (χ0) is 20.9. The van der Waals surface area contributed by atoms with Gasteiger partial charge in [0.2, 0.25) is 5.89 Å². The Morgan fingerprint density at radius 1 is 1.23 bits per heavy atom. The summed E-state index contributed by atoms with van der Waals surface area (Å²) in [4.78, 5) is 25.5. The van der Waals surface area contributed by atoms with E-state index in [0.717, 1.165) is 12.0 Å². The third-order valence-corrected chi connectivity index (χ3v) is 5.80. The number of halogens is 1. The molecule has 1 aromatic carbocycles. The molecule has 1 aliphatic rings. The molecule has 30 heavy (non-hydrogen) atoms. The van der Waals surface area contributed by atoms with Crippen molar-refractivity contribution in [3.05, 3.63) is 69.6 Å². The predicted molar refractivity (Wildman–Crippen MR) is 108 cm³/mol. The number of ether oxygens (including phenoxy) is 1. The second kappa shape index (κ2) is 7.03. The van der Waals surface area contributed by atoms with E-state index in [1.807, 2.05) is 31.2 Å². The van der Waals surface area contributed by atoms with Crippen molar-refractivity contribution in [3.63, 3.8) is 0 Å². The Morgan fingerprint density at radius 2 is 2.00 bits per heavy atom. The van der Waals surface area contributed by atoms with Crippen LogP contribution in [-0.2, 0) is 23.9 Å². The van der Waals surface area contributed by atoms with E-state index in [2.05, 4.69) is 20.1 Å². The molecule has 1 fully saturated rings. The number of imidazole rings is 1. The van der Waals surface area contributed by atoms with Crippen molar-refractivity contribution in [1.29, 1.82) is 0 Å². The molecule has 4 aromatic rings. The lowest BCUT2D eigenvalue weighted by Crippen LogP contribution is -2.22. The summed E-state index contributed by atoms with van der Waals surface area (Å²) in [6.07, 6.45) is 3.72. The van der Waals surface area contributed by atoms with Gasteiger partial charge in [-0.05, 0) is 31.0 Å². The normalized spacial score (nSPS) is 21.5. The van der Waals surface area contributed by atoms with Crippen LogP contribution in [0, 0.1) is 0 Å². The van der Waals surface area contributed by atoms with Gasteiger partial charge in [0.1, 0.15) is 12.9 Å². The Kier molecular flexibility index (Phi) is 4.44. The van der Waals surface area contributed by atoms with Crippen molar-refractivity contribution in [2.75, 3.05) is 6.61 Å². The van der Waals surface area contributed by atoms with Gasteiger partial charge in [0.25, 0.3) is 5.56 Å². The van der Waals surface area contributed by atoms with Crippen LogP contribution in [0.4, 0.5) is 0 Å². The molecule has 3 aromatic heterocycles. The number of aromatic nitrogens is 6. The minimum absolute atomic E-state index is 0.00224. The molecule has 9 nitrogen and oxygen atoms in total. The Morgan fingerprint density at radius 3 is 2.80 bits per heavy atom. The molecule has 2 atom stereocenters. The van der Waals surface area contributed by atoms with Crippen LogP contribution in [-0.4, -0.2) is 35.8 Å². The molecule has 0 N–H and O–H groups in total. The van der Waals surface area contributed by atoms with Gasteiger partial charge >= 0.3 is 0 Å². The van der Waals surface area contributed by atoms with Crippen LogP contribution in [0.25, 0.3) is 11.2 Å². The van der Waals surface area contributed by atoms with Crippen LogP contribution < -0.4 is 5.56 Å². The van der Waals surface area contributed by atoms with E-state index in [4.69, 9.17) is 20.9 Å². The average Bonchev–Trinajstić information content (AvgIpc) is 3.44. The highest BCUT2D eigenvalue weighted by atomic mass is 35.5. The number of hydrogen-bond donors (Lipinski definition) is 0. The summed E-state index contributed by atoms with van der Waals surface area (Å²) >= 11 is 6.00. The lowest BCUT2D eigenvalue weighted by Gasteiger charge is -2.23. The van der Waals surface area contributed by atoms with Crippen molar-refractivity contribution >= 4 is 22.8 Å². The van der Waals surface area contributed by atoms with Crippen molar-refractivity contribution in [1.82, 2.24) is 29.2 Å². The standard InChI is InChI=1S/C20H19ClN6O3/c1-20(13-3-5-14(21)6-4-13)7-12(9-29-20)17-24-15(30-25-17)8-27-11-23-18-16(19(27)28)26(2)10-22-18/h3-6,10-12H,7-9H2,1-2H3/t12-,20+/m0/s1. The Bertz CT molecular complexity index is 1280. The molecule has 0 aliphatic carbocycles. The quantitative estimate of drug-likeness (QED) is 0.494. The summed E-state index contributed by atoms with van der Waals surface area (Å²) in [5.41, 5.74) is 1.25. The van der Waals surface area contributed by atoms with Gasteiger partial charge < -0.3 is 13.8 Å². The molecule has 1 aliphatic heterocycles. The van der Waals surface area contributed by atoms with Gasteiger partial charge in [-0.25, -0.2) is 9.97 Å². The van der Waals surface area contributed by atoms with E-state index in [1.165, 1.54) is 10.9 Å². The molecule has 0 radical (unpaired) electrons. The lowest BCUT2D eigenvalue weighted by atomic mass is 9.89. The second-order valence-corrected chi connectivity index (χ2v) is 8.14. The van der Waals surface area contributed by atoms with E-state index in [9.17, 15) is 4.79 Å². The highest BCUT2D eigenvalue weighted by molar-refractivity contribution is 6.30. The minimum atomic E-state index is -0.443. The van der Waals surface area contributed by atoms with Crippen molar-refractivity contribution < 1.29 is 9.26 Å². The van der Waals surface area contributed by atoms with E-state index in [0.29, 0.717) is 34.5 Å². The summed E-state index contributed by atoms with van der Waals surface area (Å²) in [7, 11) is 1.76. The van der Waals surface area contributed by atoms with Crippen molar-refractivity contribution in [2.45, 2.75) is 31.4 Å². The fraction of sp³-hybridized carbons (Fsp3) is 0.350. The highest BCUT2D eigenvalue weighted by Gasteiger charge is 2.40. The summed E-state index contributed by atoms with van der Waals surface area (Å²) in [6, 6.07) is 7.66. The van der Waals surface area contributed by atoms with Crippen LogP contribution in [0.15, 0.2) is 46.2 Å². The number of hydrogen-bond acceptors (Lipinski definition) is 7. The first kappa shape index (κ1) is 19.0. The number of nitrogens with zero attached hydrogens (tertiary/aromatic N) is 6. The van der Waals surface area contributed by atoms with Gasteiger partial charge in [-0.15, -0.1) is 0 Å². The first-order valence-corrected chi connectivity index (χ1v) is 9.90. The van der Waals surface area contributed by atoms with E-state index < -0.39 is 5.60 Å². The van der Waals surface area contributed by atoms with Crippen molar-refractivity contribution in [2.24, 2.45) is 7.05 Å². The molecule has 1 saturated heterocycles. The molecular weight excluding hydrogens is 408 g/mol. The molecule has 154 valence electrons. The van der Waals surface area contributed by atoms with Crippen molar-refractivity contribution in [3.8, 4) is 0 Å². The zero-order valence-corrected chi connectivity index (χ0v) is 17.2. The summed E-state index contributed by atoms with van der Waals surface area (Å²) < 4.78 is 14.6. The maximum absolute atomic E-state index is 12.7. The first-order chi connectivity index (χ1) is 14.4. The van der Waals surface area contributed by atoms with Gasteiger partial charge in [-0.3, -0.25) is 9.36 Å². The molecule has 0 amide bonds. The largest absolute Gasteiger partial charge is 0.370 e. The van der Waals surface area contributed by atoms with E-state index >= 15 is 0 Å². The molecule has 0 saturated carbocycles. The second-order valence-electron chi connectivity index (χ2n) is 7.70. The van der Waals surface area contributed by atoms with Gasteiger partial charge in [0, 0.05) is 18.0 Å². The van der Waals surface area contributed by atoms with Crippen LogP contribution in [0.2, 0.25) is 5.02 Å². The van der Waals surface area contributed by atoms with Crippen LogP contribution in [0.5, 0.6) is 0 Å². The maximum Gasteiger partial charge on any atom is 0.280 e. The molecule has 0 bridgehead atoms. The number of aryl methyl sites for hydroxylation is 1. The molecule has 0 unspecified atom stereocenters. The molecular formula is C20H19ClN6O3. The minimum Gasteiger partial charge on any atom is -0.370 e. The van der Waals surface area contributed by atoms with Gasteiger partial charge in [0.15, 0.2) is 17.0 Å². The molecule has 0 spiro atoms.